The second kappa shape index (κ2) is 7.99. The molecule has 0 heterocycles. The second-order valence-corrected chi connectivity index (χ2v) is 10.0. The van der Waals surface area contributed by atoms with Crippen LogP contribution >= 0.6 is 0 Å². The molecule has 5 nitrogen and oxygen atoms in total. The number of hydrogen-bond acceptors (Lipinski definition) is 5. The van der Waals surface area contributed by atoms with Gasteiger partial charge in [0.05, 0.1) is 11.5 Å². The highest BCUT2D eigenvalue weighted by atomic mass is 32.2. The van der Waals surface area contributed by atoms with Gasteiger partial charge in [0.1, 0.15) is 6.10 Å². The molecule has 0 radical (unpaired) electrons. The summed E-state index contributed by atoms with van der Waals surface area (Å²) in [4.78, 5) is 11.6. The normalized spacial score (nSPS) is 28.4. The quantitative estimate of drug-likeness (QED) is 0.398. The predicted octanol–water partition coefficient (Wildman–Crippen LogP) is 4.40. The van der Waals surface area contributed by atoms with Gasteiger partial charge in [-0.2, -0.15) is 8.42 Å². The minimum atomic E-state index is -3.77. The Morgan fingerprint density at radius 3 is 2.61 bits per heavy atom. The number of carbonyl (C=O) groups excluding carboxylic acids is 1. The van der Waals surface area contributed by atoms with Crippen LogP contribution < -0.4 is 0 Å². The number of fused-ring (bicyclic) bond motifs is 1. The van der Waals surface area contributed by atoms with E-state index in [1.165, 1.54) is 12.5 Å². The maximum atomic E-state index is 12.5. The number of ether oxygens (including phenoxy) is 1. The first-order valence-corrected chi connectivity index (χ1v) is 11.4. The Morgan fingerprint density at radius 1 is 1.29 bits per heavy atom. The summed E-state index contributed by atoms with van der Waals surface area (Å²) in [6.07, 6.45) is 5.92. The van der Waals surface area contributed by atoms with E-state index in [2.05, 4.69) is 13.0 Å². The van der Waals surface area contributed by atoms with Crippen molar-refractivity contribution >= 4 is 16.1 Å². The highest BCUT2D eigenvalue weighted by molar-refractivity contribution is 7.86. The van der Waals surface area contributed by atoms with Crippen LogP contribution in [0.2, 0.25) is 0 Å². The third kappa shape index (κ3) is 4.18. The Hall–Kier alpha value is -1.66. The molecule has 0 spiro atoms. The van der Waals surface area contributed by atoms with Crippen molar-refractivity contribution in [3.8, 4) is 0 Å². The Balaban J connectivity index is 1.68. The van der Waals surface area contributed by atoms with E-state index in [1.807, 2.05) is 13.8 Å². The summed E-state index contributed by atoms with van der Waals surface area (Å²) in [5.74, 6) is 0.00544. The van der Waals surface area contributed by atoms with Crippen molar-refractivity contribution in [1.29, 1.82) is 0 Å². The van der Waals surface area contributed by atoms with Crippen LogP contribution in [-0.4, -0.2) is 27.1 Å². The number of allylic oxidation sites excluding steroid dienone is 1. The molecule has 1 aromatic carbocycles. The lowest BCUT2D eigenvalue weighted by Gasteiger charge is -2.44. The van der Waals surface area contributed by atoms with Crippen LogP contribution in [0.4, 0.5) is 0 Å². The molecule has 1 aromatic rings. The van der Waals surface area contributed by atoms with Crippen molar-refractivity contribution < 1.29 is 22.1 Å². The molecule has 28 heavy (non-hydrogen) atoms. The zero-order chi connectivity index (χ0) is 20.5. The van der Waals surface area contributed by atoms with E-state index in [0.29, 0.717) is 0 Å². The van der Waals surface area contributed by atoms with E-state index in [0.717, 1.165) is 31.2 Å². The van der Waals surface area contributed by atoms with Crippen LogP contribution in [-0.2, 0) is 23.8 Å². The monoisotopic (exact) mass is 406 g/mol. The Kier molecular flexibility index (Phi) is 6.01. The highest BCUT2D eigenvalue weighted by Gasteiger charge is 2.49. The molecule has 0 aliphatic heterocycles. The van der Waals surface area contributed by atoms with Gasteiger partial charge >= 0.3 is 5.97 Å². The number of aryl methyl sites for hydroxylation is 1. The smallest absolute Gasteiger partial charge is 0.302 e. The summed E-state index contributed by atoms with van der Waals surface area (Å²) in [7, 11) is -3.77. The average molecular weight is 407 g/mol. The maximum absolute atomic E-state index is 12.5. The van der Waals surface area contributed by atoms with E-state index in [9.17, 15) is 13.2 Å². The Morgan fingerprint density at radius 2 is 1.96 bits per heavy atom. The van der Waals surface area contributed by atoms with Crippen LogP contribution in [0.1, 0.15) is 52.0 Å². The molecule has 0 saturated heterocycles. The zero-order valence-electron chi connectivity index (χ0n) is 17.1. The summed E-state index contributed by atoms with van der Waals surface area (Å²) in [6, 6.07) is 6.68. The average Bonchev–Trinajstić information content (AvgIpc) is 2.98. The number of carbonyl (C=O) groups is 1. The fourth-order valence-corrected chi connectivity index (χ4v) is 5.89. The van der Waals surface area contributed by atoms with Crippen molar-refractivity contribution in [2.24, 2.45) is 17.3 Å². The fourth-order valence-electron chi connectivity index (χ4n) is 4.90. The molecule has 0 aromatic heterocycles. The first-order chi connectivity index (χ1) is 13.1. The lowest BCUT2D eigenvalue weighted by Crippen LogP contribution is -2.41. The van der Waals surface area contributed by atoms with Gasteiger partial charge in [0.15, 0.2) is 0 Å². The van der Waals surface area contributed by atoms with E-state index in [4.69, 9.17) is 8.92 Å². The molecule has 1 fully saturated rings. The number of hydrogen-bond donors (Lipinski definition) is 0. The van der Waals surface area contributed by atoms with Crippen molar-refractivity contribution in [1.82, 2.24) is 0 Å². The number of benzene rings is 1. The van der Waals surface area contributed by atoms with E-state index >= 15 is 0 Å². The third-order valence-electron chi connectivity index (χ3n) is 6.33. The van der Waals surface area contributed by atoms with Crippen molar-refractivity contribution in [3.63, 3.8) is 0 Å². The standard InChI is InChI=1S/C22H30O5S/c1-15-7-9-18(10-8-15)28(24,25)26-14-16(2)19-11-12-20-21(27-17(3)23)6-5-13-22(19,20)4/h7-11,16,20-21H,5-6,12-14H2,1-4H3. The van der Waals surface area contributed by atoms with Crippen molar-refractivity contribution in [3.05, 3.63) is 41.5 Å². The SMILES string of the molecule is CC(=O)OC1CCCC2(C)C(C(C)COS(=O)(=O)c3ccc(C)cc3)=CCC12. The molecule has 1 saturated carbocycles. The molecule has 3 rings (SSSR count). The van der Waals surface area contributed by atoms with E-state index < -0.39 is 10.1 Å². The summed E-state index contributed by atoms with van der Waals surface area (Å²) in [5, 5.41) is 0. The lowest BCUT2D eigenvalue weighted by molar-refractivity contribution is -0.153. The van der Waals surface area contributed by atoms with Crippen LogP contribution in [0.5, 0.6) is 0 Å². The fraction of sp³-hybridized carbons (Fsp3) is 0.591. The van der Waals surface area contributed by atoms with Crippen LogP contribution in [0.15, 0.2) is 40.8 Å². The van der Waals surface area contributed by atoms with Crippen LogP contribution in [0.25, 0.3) is 0 Å². The zero-order valence-corrected chi connectivity index (χ0v) is 17.9. The van der Waals surface area contributed by atoms with Gasteiger partial charge in [-0.05, 0) is 50.2 Å². The second-order valence-electron chi connectivity index (χ2n) is 8.41. The highest BCUT2D eigenvalue weighted by Crippen LogP contribution is 2.55. The topological polar surface area (TPSA) is 69.7 Å². The van der Waals surface area contributed by atoms with E-state index in [1.54, 1.807) is 24.3 Å². The molecule has 4 atom stereocenters. The lowest BCUT2D eigenvalue weighted by atomic mass is 9.63. The number of esters is 1. The molecule has 0 amide bonds. The first kappa shape index (κ1) is 21.1. The minimum absolute atomic E-state index is 0.0219. The van der Waals surface area contributed by atoms with Gasteiger partial charge in [0.2, 0.25) is 0 Å². The summed E-state index contributed by atoms with van der Waals surface area (Å²) in [5.41, 5.74) is 2.16. The van der Waals surface area contributed by atoms with Gasteiger partial charge < -0.3 is 4.74 Å². The Bertz CT molecular complexity index is 855. The van der Waals surface area contributed by atoms with Gasteiger partial charge in [-0.15, -0.1) is 0 Å². The molecule has 2 aliphatic rings. The molecule has 6 heteroatoms. The van der Waals surface area contributed by atoms with Gasteiger partial charge in [0, 0.05) is 18.8 Å². The first-order valence-electron chi connectivity index (χ1n) is 9.97. The largest absolute Gasteiger partial charge is 0.462 e. The third-order valence-corrected chi connectivity index (χ3v) is 7.63. The predicted molar refractivity (Wildman–Crippen MR) is 107 cm³/mol. The van der Waals surface area contributed by atoms with Gasteiger partial charge in [-0.1, -0.05) is 43.2 Å². The van der Waals surface area contributed by atoms with Crippen molar-refractivity contribution in [2.75, 3.05) is 6.61 Å². The molecule has 154 valence electrons. The molecule has 0 bridgehead atoms. The Labute approximate surface area is 168 Å². The minimum Gasteiger partial charge on any atom is -0.462 e. The molecule has 2 aliphatic carbocycles. The number of rotatable bonds is 6. The molecule has 4 unspecified atom stereocenters. The molecular weight excluding hydrogens is 376 g/mol. The molecule has 0 N–H and O–H groups in total. The van der Waals surface area contributed by atoms with Crippen molar-refractivity contribution in [2.45, 2.75) is 64.4 Å². The van der Waals surface area contributed by atoms with Gasteiger partial charge in [0.25, 0.3) is 10.1 Å². The van der Waals surface area contributed by atoms with Crippen LogP contribution in [0, 0.1) is 24.2 Å². The van der Waals surface area contributed by atoms with E-state index in [-0.39, 0.29) is 40.8 Å². The molecular formula is C22H30O5S. The summed E-state index contributed by atoms with van der Waals surface area (Å²) < 4.78 is 36.0. The summed E-state index contributed by atoms with van der Waals surface area (Å²) in [6.45, 7) is 7.72. The van der Waals surface area contributed by atoms with Gasteiger partial charge in [-0.3, -0.25) is 8.98 Å². The maximum Gasteiger partial charge on any atom is 0.302 e. The van der Waals surface area contributed by atoms with Crippen LogP contribution in [0.3, 0.4) is 0 Å². The van der Waals surface area contributed by atoms with Gasteiger partial charge in [-0.25, -0.2) is 0 Å². The summed E-state index contributed by atoms with van der Waals surface area (Å²) >= 11 is 0.